The van der Waals surface area contributed by atoms with Crippen LogP contribution in [0.3, 0.4) is 0 Å². The Hall–Kier alpha value is -3.05. The van der Waals surface area contributed by atoms with Crippen LogP contribution >= 0.6 is 0 Å². The average molecular weight is 658 g/mol. The molecule has 0 saturated heterocycles. The van der Waals surface area contributed by atoms with Crippen molar-refractivity contribution in [3.8, 4) is 0 Å². The standard InChI is InChI=1S/C34H63N3O9/c1-8-9-10-11-12-13-14-15-16-17-18-21-24-44-30(41)27(25-28(38)39)36-29(40)26(37-32(43)46-34(5,6)7)22-19-20-23-35-31(42)45-33(2,3)4/h26-27H,8-25H2,1-7H3,(H,35,42)(H,36,40)(H,37,43)(H,38,39)/t26-,27-/m0/s1. The second-order valence-corrected chi connectivity index (χ2v) is 13.8. The van der Waals surface area contributed by atoms with Gasteiger partial charge in [-0.15, -0.1) is 0 Å². The molecule has 0 spiro atoms. The van der Waals surface area contributed by atoms with Gasteiger partial charge in [0.25, 0.3) is 0 Å². The number of carbonyl (C=O) groups excluding carboxylic acids is 4. The van der Waals surface area contributed by atoms with Crippen LogP contribution in [0, 0.1) is 0 Å². The molecule has 0 rings (SSSR count). The van der Waals surface area contributed by atoms with Crippen LogP contribution in [0.5, 0.6) is 0 Å². The fourth-order valence-corrected chi connectivity index (χ4v) is 4.55. The zero-order valence-corrected chi connectivity index (χ0v) is 29.6. The van der Waals surface area contributed by atoms with Crippen LogP contribution in [-0.2, 0) is 28.6 Å². The van der Waals surface area contributed by atoms with Crippen LogP contribution in [0.4, 0.5) is 9.59 Å². The van der Waals surface area contributed by atoms with E-state index in [0.29, 0.717) is 19.3 Å². The van der Waals surface area contributed by atoms with Crippen molar-refractivity contribution in [1.82, 2.24) is 16.0 Å². The van der Waals surface area contributed by atoms with E-state index in [1.807, 2.05) is 0 Å². The molecule has 0 bridgehead atoms. The number of amides is 3. The Balaban J connectivity index is 4.84. The number of rotatable bonds is 24. The number of ether oxygens (including phenoxy) is 3. The van der Waals surface area contributed by atoms with E-state index < -0.39 is 59.7 Å². The van der Waals surface area contributed by atoms with Crippen molar-refractivity contribution in [2.45, 2.75) is 174 Å². The molecule has 0 aromatic rings. The molecule has 46 heavy (non-hydrogen) atoms. The highest BCUT2D eigenvalue weighted by Crippen LogP contribution is 2.13. The van der Waals surface area contributed by atoms with Gasteiger partial charge in [0.2, 0.25) is 5.91 Å². The highest BCUT2D eigenvalue weighted by molar-refractivity contribution is 5.91. The molecule has 268 valence electrons. The van der Waals surface area contributed by atoms with Gasteiger partial charge in [-0.05, 0) is 67.2 Å². The van der Waals surface area contributed by atoms with Crippen LogP contribution in [0.15, 0.2) is 0 Å². The summed E-state index contributed by atoms with van der Waals surface area (Å²) in [6, 6.07) is -2.53. The second-order valence-electron chi connectivity index (χ2n) is 13.8. The van der Waals surface area contributed by atoms with Crippen molar-refractivity contribution in [3.05, 3.63) is 0 Å². The first kappa shape index (κ1) is 43.0. The molecule has 0 aliphatic heterocycles. The van der Waals surface area contributed by atoms with E-state index in [9.17, 15) is 29.1 Å². The van der Waals surface area contributed by atoms with Gasteiger partial charge in [0.15, 0.2) is 0 Å². The third-order valence-electron chi connectivity index (χ3n) is 6.82. The van der Waals surface area contributed by atoms with Gasteiger partial charge in [0, 0.05) is 6.54 Å². The van der Waals surface area contributed by atoms with Gasteiger partial charge in [0.05, 0.1) is 13.0 Å². The van der Waals surface area contributed by atoms with E-state index in [-0.39, 0.29) is 19.6 Å². The Morgan fingerprint density at radius 3 is 1.63 bits per heavy atom. The first-order valence-corrected chi connectivity index (χ1v) is 17.2. The molecule has 0 aromatic heterocycles. The smallest absolute Gasteiger partial charge is 0.408 e. The summed E-state index contributed by atoms with van der Waals surface area (Å²) < 4.78 is 15.8. The maximum atomic E-state index is 13.2. The Kier molecular flexibility index (Phi) is 22.6. The number of carboxylic acid groups (broad SMARTS) is 1. The molecule has 12 nitrogen and oxygen atoms in total. The SMILES string of the molecule is CCCCCCCCCCCCCCOC(=O)[C@H](CC(=O)O)NC(=O)[C@H](CCCCNC(=O)OC(C)(C)C)NC(=O)OC(C)(C)C. The van der Waals surface area contributed by atoms with Gasteiger partial charge in [0.1, 0.15) is 23.3 Å². The van der Waals surface area contributed by atoms with E-state index in [1.54, 1.807) is 41.5 Å². The van der Waals surface area contributed by atoms with Gasteiger partial charge in [-0.25, -0.2) is 14.4 Å². The van der Waals surface area contributed by atoms with Gasteiger partial charge in [-0.3, -0.25) is 9.59 Å². The minimum absolute atomic E-state index is 0.131. The summed E-state index contributed by atoms with van der Waals surface area (Å²) >= 11 is 0. The minimum atomic E-state index is -1.42. The third-order valence-corrected chi connectivity index (χ3v) is 6.82. The molecule has 0 saturated carbocycles. The molecule has 0 aromatic carbocycles. The summed E-state index contributed by atoms with van der Waals surface area (Å²) in [5.74, 6) is -2.85. The highest BCUT2D eigenvalue weighted by atomic mass is 16.6. The quantitative estimate of drug-likeness (QED) is 0.0496. The maximum Gasteiger partial charge on any atom is 0.408 e. The van der Waals surface area contributed by atoms with Gasteiger partial charge in [-0.2, -0.15) is 0 Å². The fourth-order valence-electron chi connectivity index (χ4n) is 4.55. The maximum absolute atomic E-state index is 13.2. The number of aliphatic carboxylic acids is 1. The number of carbonyl (C=O) groups is 5. The monoisotopic (exact) mass is 657 g/mol. The molecular formula is C34H63N3O9. The predicted molar refractivity (Wildman–Crippen MR) is 177 cm³/mol. The summed E-state index contributed by atoms with van der Waals surface area (Å²) in [4.78, 5) is 61.7. The summed E-state index contributed by atoms with van der Waals surface area (Å²) in [6.45, 7) is 12.9. The lowest BCUT2D eigenvalue weighted by Crippen LogP contribution is -2.53. The molecule has 2 atom stereocenters. The van der Waals surface area contributed by atoms with Crippen molar-refractivity contribution in [1.29, 1.82) is 0 Å². The Labute approximate surface area is 276 Å². The number of alkyl carbamates (subject to hydrolysis) is 2. The number of nitrogens with one attached hydrogen (secondary N) is 3. The summed E-state index contributed by atoms with van der Waals surface area (Å²) in [5, 5.41) is 17.0. The lowest BCUT2D eigenvalue weighted by atomic mass is 10.1. The lowest BCUT2D eigenvalue weighted by Gasteiger charge is -2.25. The van der Waals surface area contributed by atoms with Gasteiger partial charge in [-0.1, -0.05) is 77.6 Å². The number of hydrogen-bond donors (Lipinski definition) is 4. The number of carboxylic acids is 1. The molecule has 0 aliphatic rings. The normalized spacial score (nSPS) is 12.8. The largest absolute Gasteiger partial charge is 0.481 e. The van der Waals surface area contributed by atoms with Crippen LogP contribution in [0.1, 0.15) is 151 Å². The van der Waals surface area contributed by atoms with E-state index in [1.165, 1.54) is 51.4 Å². The summed E-state index contributed by atoms with van der Waals surface area (Å²) in [6.07, 6.45) is 12.9. The fraction of sp³-hybridized carbons (Fsp3) is 0.853. The minimum Gasteiger partial charge on any atom is -0.481 e. The molecule has 12 heteroatoms. The lowest BCUT2D eigenvalue weighted by molar-refractivity contribution is -0.152. The summed E-state index contributed by atoms with van der Waals surface area (Å²) in [5.41, 5.74) is -1.45. The van der Waals surface area contributed by atoms with Gasteiger partial charge >= 0.3 is 24.1 Å². The molecule has 0 unspecified atom stereocenters. The zero-order valence-electron chi connectivity index (χ0n) is 29.6. The van der Waals surface area contributed by atoms with Crippen molar-refractivity contribution in [3.63, 3.8) is 0 Å². The Bertz CT molecular complexity index is 897. The van der Waals surface area contributed by atoms with Gasteiger partial charge < -0.3 is 35.3 Å². The molecule has 3 amide bonds. The Morgan fingerprint density at radius 1 is 0.630 bits per heavy atom. The molecular weight excluding hydrogens is 594 g/mol. The van der Waals surface area contributed by atoms with E-state index >= 15 is 0 Å². The van der Waals surface area contributed by atoms with Crippen molar-refractivity contribution < 1.29 is 43.3 Å². The number of unbranched alkanes of at least 4 members (excludes halogenated alkanes) is 12. The van der Waals surface area contributed by atoms with Crippen molar-refractivity contribution in [2.24, 2.45) is 0 Å². The first-order valence-electron chi connectivity index (χ1n) is 17.2. The highest BCUT2D eigenvalue weighted by Gasteiger charge is 2.30. The van der Waals surface area contributed by atoms with Crippen molar-refractivity contribution >= 4 is 30.0 Å². The van der Waals surface area contributed by atoms with Crippen LogP contribution in [-0.4, -0.2) is 71.6 Å². The molecule has 4 N–H and O–H groups in total. The van der Waals surface area contributed by atoms with E-state index in [4.69, 9.17) is 14.2 Å². The topological polar surface area (TPSA) is 169 Å². The average Bonchev–Trinajstić information content (AvgIpc) is 2.92. The second kappa shape index (κ2) is 24.2. The first-order chi connectivity index (χ1) is 21.5. The predicted octanol–water partition coefficient (Wildman–Crippen LogP) is 6.78. The van der Waals surface area contributed by atoms with Crippen LogP contribution < -0.4 is 16.0 Å². The van der Waals surface area contributed by atoms with Crippen LogP contribution in [0.2, 0.25) is 0 Å². The molecule has 0 aliphatic carbocycles. The van der Waals surface area contributed by atoms with Crippen molar-refractivity contribution in [2.75, 3.05) is 13.2 Å². The number of esters is 1. The van der Waals surface area contributed by atoms with E-state index in [0.717, 1.165) is 19.3 Å². The molecule has 0 fully saturated rings. The third kappa shape index (κ3) is 26.2. The number of hydrogen-bond acceptors (Lipinski definition) is 8. The van der Waals surface area contributed by atoms with E-state index in [2.05, 4.69) is 22.9 Å². The molecule has 0 heterocycles. The molecule has 0 radical (unpaired) electrons. The summed E-state index contributed by atoms with van der Waals surface area (Å²) in [7, 11) is 0. The Morgan fingerprint density at radius 2 is 1.13 bits per heavy atom. The van der Waals surface area contributed by atoms with Crippen LogP contribution in [0.25, 0.3) is 0 Å². The zero-order chi connectivity index (χ0) is 35.0.